The number of hydrazone groups is 1. The lowest BCUT2D eigenvalue weighted by Gasteiger charge is -2.24. The van der Waals surface area contributed by atoms with E-state index in [1.54, 1.807) is 57.2 Å². The van der Waals surface area contributed by atoms with Crippen LogP contribution in [0, 0.1) is 0 Å². The van der Waals surface area contributed by atoms with E-state index >= 15 is 0 Å². The molecule has 0 unspecified atom stereocenters. The van der Waals surface area contributed by atoms with E-state index in [4.69, 9.17) is 14.2 Å². The molecule has 0 aliphatic heterocycles. The van der Waals surface area contributed by atoms with Crippen molar-refractivity contribution in [3.63, 3.8) is 0 Å². The summed E-state index contributed by atoms with van der Waals surface area (Å²) in [7, 11) is -2.72. The SMILES string of the molecule is COc1ccc(N(CC(=O)N/N=C\c2ccc(OCC(=O)OC(C)(C)C)cc2)S(=O)(=O)c2ccc(NC(C)=O)cc2)cc1. The highest BCUT2D eigenvalue weighted by atomic mass is 32.2. The van der Waals surface area contributed by atoms with Gasteiger partial charge in [0, 0.05) is 12.6 Å². The highest BCUT2D eigenvalue weighted by molar-refractivity contribution is 7.92. The number of rotatable bonds is 12. The molecule has 0 aliphatic rings. The molecule has 3 rings (SSSR count). The van der Waals surface area contributed by atoms with Gasteiger partial charge < -0.3 is 19.5 Å². The van der Waals surface area contributed by atoms with Crippen molar-refractivity contribution in [2.24, 2.45) is 5.10 Å². The highest BCUT2D eigenvalue weighted by Crippen LogP contribution is 2.26. The van der Waals surface area contributed by atoms with Gasteiger partial charge in [-0.2, -0.15) is 5.10 Å². The van der Waals surface area contributed by atoms with Gasteiger partial charge in [0.15, 0.2) is 6.61 Å². The van der Waals surface area contributed by atoms with Gasteiger partial charge in [-0.05, 0) is 99.1 Å². The van der Waals surface area contributed by atoms with Crippen LogP contribution in [0.2, 0.25) is 0 Å². The Labute approximate surface area is 250 Å². The fourth-order valence-corrected chi connectivity index (χ4v) is 5.03. The maximum Gasteiger partial charge on any atom is 0.344 e. The number of hydrogen-bond acceptors (Lipinski definition) is 9. The van der Waals surface area contributed by atoms with Crippen LogP contribution >= 0.6 is 0 Å². The molecule has 0 bridgehead atoms. The smallest absolute Gasteiger partial charge is 0.344 e. The quantitative estimate of drug-likeness (QED) is 0.179. The maximum absolute atomic E-state index is 13.6. The minimum absolute atomic E-state index is 0.0808. The number of nitrogens with zero attached hydrogens (tertiary/aromatic N) is 2. The minimum Gasteiger partial charge on any atom is -0.497 e. The monoisotopic (exact) mass is 610 g/mol. The van der Waals surface area contributed by atoms with E-state index in [9.17, 15) is 22.8 Å². The van der Waals surface area contributed by atoms with E-state index in [2.05, 4.69) is 15.8 Å². The largest absolute Gasteiger partial charge is 0.497 e. The molecular formula is C30H34N4O8S. The van der Waals surface area contributed by atoms with Crippen LogP contribution in [0.1, 0.15) is 33.3 Å². The average Bonchev–Trinajstić information content (AvgIpc) is 2.94. The van der Waals surface area contributed by atoms with Gasteiger partial charge in [-0.15, -0.1) is 0 Å². The zero-order valence-electron chi connectivity index (χ0n) is 24.5. The van der Waals surface area contributed by atoms with Crippen molar-refractivity contribution in [1.82, 2.24) is 5.43 Å². The van der Waals surface area contributed by atoms with Crippen LogP contribution in [0.25, 0.3) is 0 Å². The number of carbonyl (C=O) groups is 3. The summed E-state index contributed by atoms with van der Waals surface area (Å²) in [6.07, 6.45) is 1.38. The zero-order valence-corrected chi connectivity index (χ0v) is 25.3. The predicted octanol–water partition coefficient (Wildman–Crippen LogP) is 3.72. The van der Waals surface area contributed by atoms with E-state index in [0.29, 0.717) is 22.7 Å². The van der Waals surface area contributed by atoms with Crippen molar-refractivity contribution < 1.29 is 37.0 Å². The molecule has 12 nitrogen and oxygen atoms in total. The van der Waals surface area contributed by atoms with Crippen molar-refractivity contribution >= 4 is 45.4 Å². The first kappa shape index (κ1) is 32.6. The summed E-state index contributed by atoms with van der Waals surface area (Å²) in [5.74, 6) is -0.528. The van der Waals surface area contributed by atoms with Crippen LogP contribution in [-0.2, 0) is 29.1 Å². The first-order valence-corrected chi connectivity index (χ1v) is 14.5. The Kier molecular flexibility index (Phi) is 10.9. The third-order valence-electron chi connectivity index (χ3n) is 5.47. The lowest BCUT2D eigenvalue weighted by molar-refractivity contribution is -0.157. The molecule has 0 fully saturated rings. The zero-order chi connectivity index (χ0) is 31.6. The van der Waals surface area contributed by atoms with Gasteiger partial charge in [0.25, 0.3) is 15.9 Å². The molecule has 0 spiro atoms. The second kappa shape index (κ2) is 14.3. The molecule has 228 valence electrons. The van der Waals surface area contributed by atoms with Crippen molar-refractivity contribution in [3.8, 4) is 11.5 Å². The third-order valence-corrected chi connectivity index (χ3v) is 7.26. The lowest BCUT2D eigenvalue weighted by atomic mass is 10.2. The Hall–Kier alpha value is -4.91. The molecule has 0 aliphatic carbocycles. The highest BCUT2D eigenvalue weighted by Gasteiger charge is 2.27. The van der Waals surface area contributed by atoms with E-state index < -0.39 is 34.0 Å². The molecule has 13 heteroatoms. The van der Waals surface area contributed by atoms with Crippen molar-refractivity contribution in [2.45, 2.75) is 38.2 Å². The van der Waals surface area contributed by atoms with Crippen LogP contribution in [0.5, 0.6) is 11.5 Å². The van der Waals surface area contributed by atoms with Crippen LogP contribution in [0.4, 0.5) is 11.4 Å². The predicted molar refractivity (Wildman–Crippen MR) is 162 cm³/mol. The summed E-state index contributed by atoms with van der Waals surface area (Å²) < 4.78 is 43.9. The second-order valence-electron chi connectivity index (χ2n) is 10.2. The van der Waals surface area contributed by atoms with E-state index in [1.807, 2.05) is 0 Å². The molecule has 2 amide bonds. The van der Waals surface area contributed by atoms with Gasteiger partial charge in [0.1, 0.15) is 23.6 Å². The summed E-state index contributed by atoms with van der Waals surface area (Å²) in [5, 5.41) is 6.51. The number of benzene rings is 3. The molecule has 2 N–H and O–H groups in total. The van der Waals surface area contributed by atoms with Gasteiger partial charge in [-0.1, -0.05) is 0 Å². The summed E-state index contributed by atoms with van der Waals surface area (Å²) in [4.78, 5) is 35.9. The van der Waals surface area contributed by atoms with Crippen molar-refractivity contribution in [3.05, 3.63) is 78.4 Å². The Morgan fingerprint density at radius 2 is 1.51 bits per heavy atom. The standard InChI is InChI=1S/C30H34N4O8S/c1-21(35)32-23-8-16-27(17-9-23)43(38,39)34(24-10-14-25(40-5)15-11-24)19-28(36)33-31-18-22-6-12-26(13-7-22)41-20-29(37)42-30(2,3)4/h6-18H,19-20H2,1-5H3,(H,32,35)(H,33,36)/b31-18-. The van der Waals surface area contributed by atoms with Crippen LogP contribution < -0.4 is 24.5 Å². The number of methoxy groups -OCH3 is 1. The summed E-state index contributed by atoms with van der Waals surface area (Å²) >= 11 is 0. The van der Waals surface area contributed by atoms with E-state index in [0.717, 1.165) is 4.31 Å². The van der Waals surface area contributed by atoms with Gasteiger partial charge in [0.2, 0.25) is 5.91 Å². The van der Waals surface area contributed by atoms with Gasteiger partial charge in [0.05, 0.1) is 23.9 Å². The number of nitrogens with one attached hydrogen (secondary N) is 2. The van der Waals surface area contributed by atoms with E-state index in [1.165, 1.54) is 56.6 Å². The second-order valence-corrected chi connectivity index (χ2v) is 12.0. The molecular weight excluding hydrogens is 576 g/mol. The molecule has 0 saturated heterocycles. The fraction of sp³-hybridized carbons (Fsp3) is 0.267. The Balaban J connectivity index is 1.69. The molecule has 0 aromatic heterocycles. The molecule has 0 saturated carbocycles. The fourth-order valence-electron chi connectivity index (χ4n) is 3.61. The van der Waals surface area contributed by atoms with Crippen molar-refractivity contribution in [1.29, 1.82) is 0 Å². The third kappa shape index (κ3) is 10.1. The summed E-state index contributed by atoms with van der Waals surface area (Å²) in [6.45, 7) is 5.83. The number of esters is 1. The number of sulfonamides is 1. The number of ether oxygens (including phenoxy) is 3. The van der Waals surface area contributed by atoms with Crippen LogP contribution in [-0.4, -0.2) is 58.3 Å². The summed E-state index contributed by atoms with van der Waals surface area (Å²) in [6, 6.07) is 18.4. The Bertz CT molecular complexity index is 1550. The first-order valence-electron chi connectivity index (χ1n) is 13.1. The number of amides is 2. The molecule has 0 radical (unpaired) electrons. The maximum atomic E-state index is 13.6. The number of carbonyl (C=O) groups excluding carboxylic acids is 3. The Morgan fingerprint density at radius 3 is 2.07 bits per heavy atom. The van der Waals surface area contributed by atoms with Crippen LogP contribution in [0.15, 0.2) is 82.8 Å². The molecule has 43 heavy (non-hydrogen) atoms. The van der Waals surface area contributed by atoms with Gasteiger partial charge in [-0.25, -0.2) is 18.6 Å². The number of hydrogen-bond donors (Lipinski definition) is 2. The number of anilines is 2. The van der Waals surface area contributed by atoms with E-state index in [-0.39, 0.29) is 23.1 Å². The molecule has 3 aromatic carbocycles. The average molecular weight is 611 g/mol. The van der Waals surface area contributed by atoms with Gasteiger partial charge in [-0.3, -0.25) is 13.9 Å². The minimum atomic E-state index is -4.20. The lowest BCUT2D eigenvalue weighted by Crippen LogP contribution is -2.39. The normalized spacial score (nSPS) is 11.5. The molecule has 0 atom stereocenters. The Morgan fingerprint density at radius 1 is 0.907 bits per heavy atom. The topological polar surface area (TPSA) is 153 Å². The van der Waals surface area contributed by atoms with Crippen molar-refractivity contribution in [2.75, 3.05) is 29.9 Å². The molecule has 0 heterocycles. The first-order chi connectivity index (χ1) is 20.3. The van der Waals surface area contributed by atoms with Gasteiger partial charge >= 0.3 is 5.97 Å². The van der Waals surface area contributed by atoms with Crippen LogP contribution in [0.3, 0.4) is 0 Å². The molecule has 3 aromatic rings. The summed E-state index contributed by atoms with van der Waals surface area (Å²) in [5.41, 5.74) is 3.01.